The molecule has 0 aromatic carbocycles. The lowest BCUT2D eigenvalue weighted by Crippen LogP contribution is -2.64. The van der Waals surface area contributed by atoms with E-state index in [4.69, 9.17) is 14.2 Å². The van der Waals surface area contributed by atoms with Crippen LogP contribution < -0.4 is 5.32 Å². The molecule has 0 bridgehead atoms. The quantitative estimate of drug-likeness (QED) is 0.768. The fourth-order valence-corrected chi connectivity index (χ4v) is 3.34. The van der Waals surface area contributed by atoms with Gasteiger partial charge in [0, 0.05) is 44.7 Å². The van der Waals surface area contributed by atoms with Gasteiger partial charge in [0.1, 0.15) is 5.60 Å². The first-order valence-corrected chi connectivity index (χ1v) is 7.58. The molecule has 4 heteroatoms. The van der Waals surface area contributed by atoms with E-state index in [2.05, 4.69) is 26.1 Å². The Morgan fingerprint density at radius 2 is 2.16 bits per heavy atom. The molecule has 0 aromatic rings. The molecular weight excluding hydrogens is 242 g/mol. The number of hydrogen-bond donors (Lipinski definition) is 1. The first-order valence-electron chi connectivity index (χ1n) is 7.58. The summed E-state index contributed by atoms with van der Waals surface area (Å²) >= 11 is 0. The van der Waals surface area contributed by atoms with Crippen LogP contribution in [0.25, 0.3) is 0 Å². The van der Waals surface area contributed by atoms with Crippen LogP contribution in [0.2, 0.25) is 0 Å². The largest absolute Gasteiger partial charge is 0.378 e. The van der Waals surface area contributed by atoms with E-state index in [1.807, 2.05) is 0 Å². The van der Waals surface area contributed by atoms with Crippen molar-refractivity contribution in [1.82, 2.24) is 5.32 Å². The molecule has 4 atom stereocenters. The summed E-state index contributed by atoms with van der Waals surface area (Å²) in [6.45, 7) is 9.87. The van der Waals surface area contributed by atoms with Gasteiger partial charge in [-0.3, -0.25) is 0 Å². The van der Waals surface area contributed by atoms with Gasteiger partial charge in [-0.05, 0) is 19.8 Å². The predicted octanol–water partition coefficient (Wildman–Crippen LogP) is 1.98. The van der Waals surface area contributed by atoms with E-state index in [0.717, 1.165) is 39.0 Å². The van der Waals surface area contributed by atoms with Crippen molar-refractivity contribution in [3.8, 4) is 0 Å². The van der Waals surface area contributed by atoms with Crippen LogP contribution in [0.3, 0.4) is 0 Å². The Bertz CT molecular complexity index is 291. The van der Waals surface area contributed by atoms with Crippen molar-refractivity contribution in [2.75, 3.05) is 33.5 Å². The van der Waals surface area contributed by atoms with Gasteiger partial charge in [-0.1, -0.05) is 13.8 Å². The fourth-order valence-electron chi connectivity index (χ4n) is 3.34. The van der Waals surface area contributed by atoms with Crippen molar-refractivity contribution in [2.45, 2.75) is 57.8 Å². The zero-order valence-electron chi connectivity index (χ0n) is 12.8. The molecule has 1 N–H and O–H groups in total. The minimum Gasteiger partial charge on any atom is -0.378 e. The van der Waals surface area contributed by atoms with Crippen LogP contribution >= 0.6 is 0 Å². The van der Waals surface area contributed by atoms with E-state index in [9.17, 15) is 0 Å². The maximum absolute atomic E-state index is 5.84. The summed E-state index contributed by atoms with van der Waals surface area (Å²) in [4.78, 5) is 0. The van der Waals surface area contributed by atoms with Crippen molar-refractivity contribution >= 4 is 0 Å². The predicted molar refractivity (Wildman–Crippen MR) is 75.4 cm³/mol. The summed E-state index contributed by atoms with van der Waals surface area (Å²) < 4.78 is 17.0. The summed E-state index contributed by atoms with van der Waals surface area (Å²) in [6, 6.07) is 0.529. The summed E-state index contributed by atoms with van der Waals surface area (Å²) in [5, 5.41) is 3.70. The van der Waals surface area contributed by atoms with Crippen molar-refractivity contribution in [3.63, 3.8) is 0 Å². The monoisotopic (exact) mass is 271 g/mol. The molecule has 4 nitrogen and oxygen atoms in total. The third kappa shape index (κ3) is 2.82. The first kappa shape index (κ1) is 15.2. The molecule has 0 amide bonds. The van der Waals surface area contributed by atoms with Gasteiger partial charge in [-0.2, -0.15) is 0 Å². The van der Waals surface area contributed by atoms with E-state index in [1.54, 1.807) is 7.11 Å². The molecular formula is C15H29NO3. The van der Waals surface area contributed by atoms with Gasteiger partial charge in [0.15, 0.2) is 0 Å². The van der Waals surface area contributed by atoms with Crippen LogP contribution in [-0.4, -0.2) is 51.2 Å². The zero-order chi connectivity index (χ0) is 13.9. The summed E-state index contributed by atoms with van der Waals surface area (Å²) in [7, 11) is 1.79. The second-order valence-corrected chi connectivity index (χ2v) is 6.16. The Morgan fingerprint density at radius 3 is 2.68 bits per heavy atom. The maximum Gasteiger partial charge on any atom is 0.106 e. The molecule has 1 heterocycles. The Kier molecular flexibility index (Phi) is 4.88. The van der Waals surface area contributed by atoms with Gasteiger partial charge in [-0.25, -0.2) is 0 Å². The highest BCUT2D eigenvalue weighted by atomic mass is 16.5. The average molecular weight is 271 g/mol. The topological polar surface area (TPSA) is 39.7 Å². The molecule has 112 valence electrons. The lowest BCUT2D eigenvalue weighted by Gasteiger charge is -2.54. The van der Waals surface area contributed by atoms with Crippen molar-refractivity contribution < 1.29 is 14.2 Å². The number of rotatable bonds is 7. The van der Waals surface area contributed by atoms with Gasteiger partial charge in [-0.15, -0.1) is 0 Å². The number of ether oxygens (including phenoxy) is 3. The standard InChI is InChI=1S/C15H29NO3/c1-5-14(3)12(9-13(14)19-6-2)16-10-15(17-4)7-8-18-11-15/h12-13,16H,5-11H2,1-4H3. The van der Waals surface area contributed by atoms with Gasteiger partial charge >= 0.3 is 0 Å². The van der Waals surface area contributed by atoms with E-state index < -0.39 is 0 Å². The van der Waals surface area contributed by atoms with Crippen molar-refractivity contribution in [2.24, 2.45) is 5.41 Å². The number of hydrogen-bond acceptors (Lipinski definition) is 4. The van der Waals surface area contributed by atoms with Gasteiger partial charge < -0.3 is 19.5 Å². The zero-order valence-corrected chi connectivity index (χ0v) is 12.8. The van der Waals surface area contributed by atoms with E-state index in [1.165, 1.54) is 0 Å². The minimum atomic E-state index is -0.120. The highest BCUT2D eigenvalue weighted by Crippen LogP contribution is 2.46. The molecule has 1 saturated heterocycles. The van der Waals surface area contributed by atoms with Gasteiger partial charge in [0.25, 0.3) is 0 Å². The van der Waals surface area contributed by atoms with Crippen LogP contribution in [0, 0.1) is 5.41 Å². The van der Waals surface area contributed by atoms with E-state index >= 15 is 0 Å². The van der Waals surface area contributed by atoms with Crippen molar-refractivity contribution in [3.05, 3.63) is 0 Å². The molecule has 0 radical (unpaired) electrons. The Balaban J connectivity index is 1.86. The van der Waals surface area contributed by atoms with Crippen LogP contribution in [0.15, 0.2) is 0 Å². The smallest absolute Gasteiger partial charge is 0.106 e. The van der Waals surface area contributed by atoms with Crippen LogP contribution in [-0.2, 0) is 14.2 Å². The third-order valence-corrected chi connectivity index (χ3v) is 5.28. The Labute approximate surface area is 117 Å². The molecule has 0 spiro atoms. The highest BCUT2D eigenvalue weighted by Gasteiger charge is 2.51. The third-order valence-electron chi connectivity index (χ3n) is 5.28. The molecule has 2 aliphatic rings. The molecule has 19 heavy (non-hydrogen) atoms. The highest BCUT2D eigenvalue weighted by molar-refractivity contribution is 5.05. The lowest BCUT2D eigenvalue weighted by molar-refractivity contribution is -0.130. The van der Waals surface area contributed by atoms with Gasteiger partial charge in [0.05, 0.1) is 12.7 Å². The Morgan fingerprint density at radius 1 is 1.37 bits per heavy atom. The molecule has 2 rings (SSSR count). The molecule has 1 aliphatic carbocycles. The summed E-state index contributed by atoms with van der Waals surface area (Å²) in [5.41, 5.74) is 0.135. The maximum atomic E-state index is 5.84. The molecule has 4 unspecified atom stereocenters. The SMILES string of the molecule is CCOC1CC(NCC2(OC)CCOC2)C1(C)CC. The molecule has 2 fully saturated rings. The summed E-state index contributed by atoms with van der Waals surface area (Å²) in [6.07, 6.45) is 3.64. The second-order valence-electron chi connectivity index (χ2n) is 6.16. The number of nitrogens with one attached hydrogen (secondary N) is 1. The first-order chi connectivity index (χ1) is 9.10. The van der Waals surface area contributed by atoms with Gasteiger partial charge in [0.2, 0.25) is 0 Å². The van der Waals surface area contributed by atoms with Crippen molar-refractivity contribution in [1.29, 1.82) is 0 Å². The van der Waals surface area contributed by atoms with Crippen LogP contribution in [0.4, 0.5) is 0 Å². The molecule has 1 aliphatic heterocycles. The molecule has 0 aromatic heterocycles. The second kappa shape index (κ2) is 6.08. The summed E-state index contributed by atoms with van der Waals surface area (Å²) in [5.74, 6) is 0. The van der Waals surface area contributed by atoms with E-state index in [-0.39, 0.29) is 11.0 Å². The van der Waals surface area contributed by atoms with E-state index in [0.29, 0.717) is 18.8 Å². The average Bonchev–Trinajstić information content (AvgIpc) is 2.90. The normalized spacial score (nSPS) is 42.3. The lowest BCUT2D eigenvalue weighted by atomic mass is 9.61. The Hall–Kier alpha value is -0.160. The van der Waals surface area contributed by atoms with Crippen LogP contribution in [0.1, 0.15) is 40.0 Å². The minimum absolute atomic E-state index is 0.120. The fraction of sp³-hybridized carbons (Fsp3) is 1.00. The van der Waals surface area contributed by atoms with Crippen LogP contribution in [0.5, 0.6) is 0 Å². The molecule has 1 saturated carbocycles. The number of methoxy groups -OCH3 is 1.